The van der Waals surface area contributed by atoms with Crippen molar-refractivity contribution in [2.24, 2.45) is 0 Å². The minimum absolute atomic E-state index is 0.0291. The van der Waals surface area contributed by atoms with Crippen molar-refractivity contribution in [3.05, 3.63) is 52.1 Å². The Bertz CT molecular complexity index is 450. The molecule has 1 aromatic carbocycles. The van der Waals surface area contributed by atoms with E-state index in [4.69, 9.17) is 4.74 Å². The molecule has 5 nitrogen and oxygen atoms in total. The number of esters is 1. The summed E-state index contributed by atoms with van der Waals surface area (Å²) in [6.07, 6.45) is 3.38. The second-order valence-corrected chi connectivity index (χ2v) is 3.41. The smallest absolute Gasteiger partial charge is 0.331 e. The van der Waals surface area contributed by atoms with Gasteiger partial charge in [-0.15, -0.1) is 0 Å². The van der Waals surface area contributed by atoms with Gasteiger partial charge < -0.3 is 4.74 Å². The number of non-ortho nitro benzene ring substituents is 1. The van der Waals surface area contributed by atoms with Crippen molar-refractivity contribution < 1.29 is 14.5 Å². The van der Waals surface area contributed by atoms with E-state index in [2.05, 4.69) is 0 Å². The first-order chi connectivity index (χ1) is 7.66. The van der Waals surface area contributed by atoms with Crippen LogP contribution in [0.4, 0.5) is 5.69 Å². The summed E-state index contributed by atoms with van der Waals surface area (Å²) < 4.78 is 5.08. The molecule has 2 rings (SSSR count). The third-order valence-electron chi connectivity index (χ3n) is 2.34. The minimum atomic E-state index is -0.462. The summed E-state index contributed by atoms with van der Waals surface area (Å²) >= 11 is 0. The molecule has 0 radical (unpaired) electrons. The molecule has 0 fully saturated rings. The van der Waals surface area contributed by atoms with Crippen molar-refractivity contribution >= 4 is 11.7 Å². The van der Waals surface area contributed by atoms with Crippen LogP contribution in [0, 0.1) is 10.1 Å². The van der Waals surface area contributed by atoms with Crippen molar-refractivity contribution in [2.45, 2.75) is 12.5 Å². The van der Waals surface area contributed by atoms with E-state index in [-0.39, 0.29) is 17.8 Å². The number of cyclic esters (lactones) is 1. The number of hydrogen-bond donors (Lipinski definition) is 0. The number of carbonyl (C=O) groups excluding carboxylic acids is 1. The lowest BCUT2D eigenvalue weighted by molar-refractivity contribution is -0.384. The maximum absolute atomic E-state index is 11.0. The van der Waals surface area contributed by atoms with E-state index in [1.54, 1.807) is 18.2 Å². The zero-order valence-corrected chi connectivity index (χ0v) is 8.33. The Morgan fingerprint density at radius 3 is 2.56 bits per heavy atom. The number of carbonyl (C=O) groups is 1. The molecule has 1 heterocycles. The van der Waals surface area contributed by atoms with Gasteiger partial charge in [-0.05, 0) is 17.7 Å². The number of ether oxygens (including phenoxy) is 1. The van der Waals surface area contributed by atoms with E-state index in [1.165, 1.54) is 18.2 Å². The van der Waals surface area contributed by atoms with Gasteiger partial charge in [0.1, 0.15) is 6.10 Å². The molecule has 1 atom stereocenters. The van der Waals surface area contributed by atoms with E-state index < -0.39 is 4.92 Å². The van der Waals surface area contributed by atoms with Gasteiger partial charge in [0.2, 0.25) is 0 Å². The quantitative estimate of drug-likeness (QED) is 0.434. The van der Waals surface area contributed by atoms with E-state index in [1.807, 2.05) is 0 Å². The molecule has 82 valence electrons. The van der Waals surface area contributed by atoms with Crippen LogP contribution < -0.4 is 0 Å². The van der Waals surface area contributed by atoms with Gasteiger partial charge in [-0.2, -0.15) is 0 Å². The van der Waals surface area contributed by atoms with Crippen LogP contribution >= 0.6 is 0 Å². The molecule has 1 aliphatic heterocycles. The molecule has 1 aliphatic rings. The fraction of sp³-hybridized carbons (Fsp3) is 0.182. The Kier molecular flexibility index (Phi) is 2.68. The van der Waals surface area contributed by atoms with Crippen LogP contribution in [0.5, 0.6) is 0 Å². The largest absolute Gasteiger partial charge is 0.454 e. The van der Waals surface area contributed by atoms with Crippen molar-refractivity contribution in [3.8, 4) is 0 Å². The van der Waals surface area contributed by atoms with Gasteiger partial charge in [0.15, 0.2) is 0 Å². The number of hydrogen-bond acceptors (Lipinski definition) is 4. The summed E-state index contributed by atoms with van der Waals surface area (Å²) in [6, 6.07) is 6.02. The summed E-state index contributed by atoms with van der Waals surface area (Å²) in [5.41, 5.74) is 0.796. The third-order valence-corrected chi connectivity index (χ3v) is 2.34. The second-order valence-electron chi connectivity index (χ2n) is 3.41. The molecule has 0 N–H and O–H groups in total. The third kappa shape index (κ3) is 2.08. The highest BCUT2D eigenvalue weighted by Crippen LogP contribution is 2.26. The van der Waals surface area contributed by atoms with Crippen LogP contribution in [-0.4, -0.2) is 10.9 Å². The summed E-state index contributed by atoms with van der Waals surface area (Å²) in [4.78, 5) is 21.0. The number of nitro groups is 1. The highest BCUT2D eigenvalue weighted by molar-refractivity contribution is 5.82. The molecule has 16 heavy (non-hydrogen) atoms. The standard InChI is InChI=1S/C11H9NO4/c13-11-3-1-2-10(16-11)8-4-6-9(7-5-8)12(14)15/h1,3-7,10H,2H2/t10-/m0/s1. The highest BCUT2D eigenvalue weighted by atomic mass is 16.6. The average molecular weight is 219 g/mol. The van der Waals surface area contributed by atoms with Crippen molar-refractivity contribution in [1.82, 2.24) is 0 Å². The van der Waals surface area contributed by atoms with E-state index >= 15 is 0 Å². The van der Waals surface area contributed by atoms with Crippen LogP contribution in [0.2, 0.25) is 0 Å². The van der Waals surface area contributed by atoms with Crippen molar-refractivity contribution in [1.29, 1.82) is 0 Å². The maximum Gasteiger partial charge on any atom is 0.331 e. The first kappa shape index (κ1) is 10.4. The fourth-order valence-electron chi connectivity index (χ4n) is 1.53. The normalized spacial score (nSPS) is 19.2. The van der Waals surface area contributed by atoms with Crippen LogP contribution in [0.1, 0.15) is 18.1 Å². The van der Waals surface area contributed by atoms with Crippen LogP contribution in [0.15, 0.2) is 36.4 Å². The molecule has 0 saturated carbocycles. The Hall–Kier alpha value is -2.17. The van der Waals surface area contributed by atoms with Gasteiger partial charge in [-0.1, -0.05) is 6.08 Å². The van der Waals surface area contributed by atoms with Gasteiger partial charge in [-0.3, -0.25) is 10.1 Å². The molecule has 0 saturated heterocycles. The molecule has 0 unspecified atom stereocenters. The first-order valence-electron chi connectivity index (χ1n) is 4.78. The Balaban J connectivity index is 2.19. The molecule has 0 bridgehead atoms. The Morgan fingerprint density at radius 2 is 2.00 bits per heavy atom. The van der Waals surface area contributed by atoms with Gasteiger partial charge in [0.25, 0.3) is 5.69 Å². The average Bonchev–Trinajstić information content (AvgIpc) is 2.29. The molecule has 0 amide bonds. The minimum Gasteiger partial charge on any atom is -0.454 e. The van der Waals surface area contributed by atoms with Gasteiger partial charge >= 0.3 is 5.97 Å². The van der Waals surface area contributed by atoms with E-state index in [0.717, 1.165) is 5.56 Å². The summed E-state index contributed by atoms with van der Waals surface area (Å²) in [6.45, 7) is 0. The predicted molar refractivity (Wildman–Crippen MR) is 55.7 cm³/mol. The number of nitro benzene ring substituents is 1. The number of nitrogens with zero attached hydrogens (tertiary/aromatic N) is 1. The summed E-state index contributed by atoms with van der Waals surface area (Å²) in [7, 11) is 0. The first-order valence-corrected chi connectivity index (χ1v) is 4.78. The van der Waals surface area contributed by atoms with Crippen molar-refractivity contribution in [3.63, 3.8) is 0 Å². The second kappa shape index (κ2) is 4.14. The molecule has 1 aromatic rings. The van der Waals surface area contributed by atoms with Crippen molar-refractivity contribution in [2.75, 3.05) is 0 Å². The Morgan fingerprint density at radius 1 is 1.31 bits per heavy atom. The molecule has 0 spiro atoms. The summed E-state index contributed by atoms with van der Waals surface area (Å²) in [5.74, 6) is -0.380. The van der Waals surface area contributed by atoms with E-state index in [0.29, 0.717) is 6.42 Å². The molecular weight excluding hydrogens is 210 g/mol. The monoisotopic (exact) mass is 219 g/mol. The molecule has 5 heteroatoms. The predicted octanol–water partition coefficient (Wildman–Crippen LogP) is 2.14. The van der Waals surface area contributed by atoms with Crippen LogP contribution in [0.3, 0.4) is 0 Å². The topological polar surface area (TPSA) is 69.4 Å². The maximum atomic E-state index is 11.0. The van der Waals surface area contributed by atoms with Gasteiger partial charge in [-0.25, -0.2) is 4.79 Å². The van der Waals surface area contributed by atoms with Gasteiger partial charge in [0.05, 0.1) is 4.92 Å². The lowest BCUT2D eigenvalue weighted by Gasteiger charge is -2.18. The fourth-order valence-corrected chi connectivity index (χ4v) is 1.53. The Labute approximate surface area is 91.5 Å². The van der Waals surface area contributed by atoms with Gasteiger partial charge in [0, 0.05) is 24.6 Å². The number of rotatable bonds is 2. The SMILES string of the molecule is O=C1C=CC[C@@H](c2ccc([N+](=O)[O-])cc2)O1. The zero-order valence-electron chi connectivity index (χ0n) is 8.33. The van der Waals surface area contributed by atoms with Crippen LogP contribution in [-0.2, 0) is 9.53 Å². The summed E-state index contributed by atoms with van der Waals surface area (Å²) in [5, 5.41) is 10.4. The molecular formula is C11H9NO4. The van der Waals surface area contributed by atoms with E-state index in [9.17, 15) is 14.9 Å². The highest BCUT2D eigenvalue weighted by Gasteiger charge is 2.18. The lowest BCUT2D eigenvalue weighted by atomic mass is 10.0. The lowest BCUT2D eigenvalue weighted by Crippen LogP contribution is -2.12. The van der Waals surface area contributed by atoms with Crippen LogP contribution in [0.25, 0.3) is 0 Å². The number of benzene rings is 1. The zero-order chi connectivity index (χ0) is 11.5. The molecule has 0 aliphatic carbocycles. The molecule has 0 aromatic heterocycles.